The Balaban J connectivity index is 1.70. The maximum absolute atomic E-state index is 13.7. The van der Waals surface area contributed by atoms with Gasteiger partial charge >= 0.3 is 0 Å². The first-order valence-electron chi connectivity index (χ1n) is 10.8. The van der Waals surface area contributed by atoms with E-state index in [-0.39, 0.29) is 15.6 Å². The third kappa shape index (κ3) is 6.48. The van der Waals surface area contributed by atoms with Crippen molar-refractivity contribution in [3.8, 4) is 5.75 Å². The molecule has 0 fully saturated rings. The second-order valence-corrected chi connectivity index (χ2v) is 9.69. The predicted octanol–water partition coefficient (Wildman–Crippen LogP) is 4.82. The zero-order chi connectivity index (χ0) is 24.6. The Labute approximate surface area is 204 Å². The number of anilines is 1. The number of hydrogen-bond acceptors (Lipinski definition) is 4. The highest BCUT2D eigenvalue weighted by atomic mass is 35.5. The summed E-state index contributed by atoms with van der Waals surface area (Å²) in [6, 6.07) is 19.0. The van der Waals surface area contributed by atoms with E-state index >= 15 is 0 Å². The summed E-state index contributed by atoms with van der Waals surface area (Å²) in [4.78, 5) is 12.7. The van der Waals surface area contributed by atoms with Crippen molar-refractivity contribution in [3.63, 3.8) is 0 Å². The van der Waals surface area contributed by atoms with Crippen LogP contribution in [0.2, 0.25) is 5.02 Å². The van der Waals surface area contributed by atoms with Crippen molar-refractivity contribution in [3.05, 3.63) is 89.2 Å². The summed E-state index contributed by atoms with van der Waals surface area (Å²) in [6.45, 7) is 2.35. The molecule has 0 aromatic heterocycles. The fourth-order valence-corrected chi connectivity index (χ4v) is 4.98. The van der Waals surface area contributed by atoms with Gasteiger partial charge < -0.3 is 10.1 Å². The van der Waals surface area contributed by atoms with Gasteiger partial charge in [0, 0.05) is 6.54 Å². The molecule has 0 radical (unpaired) electrons. The van der Waals surface area contributed by atoms with Gasteiger partial charge in [0.1, 0.15) is 18.1 Å². The summed E-state index contributed by atoms with van der Waals surface area (Å²) in [7, 11) is -4.09. The van der Waals surface area contributed by atoms with Gasteiger partial charge in [-0.2, -0.15) is 0 Å². The van der Waals surface area contributed by atoms with Gasteiger partial charge in [-0.3, -0.25) is 9.10 Å². The summed E-state index contributed by atoms with van der Waals surface area (Å²) in [5.41, 5.74) is 1.13. The number of nitrogens with one attached hydrogen (secondary N) is 1. The van der Waals surface area contributed by atoms with E-state index in [1.165, 1.54) is 24.3 Å². The van der Waals surface area contributed by atoms with Crippen LogP contribution >= 0.6 is 11.6 Å². The Morgan fingerprint density at radius 2 is 1.76 bits per heavy atom. The number of aryl methyl sites for hydroxylation is 1. The molecule has 9 heteroatoms. The van der Waals surface area contributed by atoms with E-state index in [1.807, 2.05) is 31.2 Å². The van der Waals surface area contributed by atoms with Crippen LogP contribution in [0.5, 0.6) is 5.75 Å². The molecule has 180 valence electrons. The summed E-state index contributed by atoms with van der Waals surface area (Å²) in [5.74, 6) is -0.359. The van der Waals surface area contributed by atoms with Crippen LogP contribution in [0.15, 0.2) is 77.7 Å². The number of carbonyl (C=O) groups excluding carboxylic acids is 1. The van der Waals surface area contributed by atoms with Crippen LogP contribution in [0.25, 0.3) is 0 Å². The maximum Gasteiger partial charge on any atom is 0.264 e. The minimum atomic E-state index is -4.09. The van der Waals surface area contributed by atoms with E-state index in [0.717, 1.165) is 21.7 Å². The monoisotopic (exact) mass is 504 g/mol. The normalized spacial score (nSPS) is 11.1. The number of rotatable bonds is 11. The topological polar surface area (TPSA) is 75.7 Å². The molecule has 34 heavy (non-hydrogen) atoms. The van der Waals surface area contributed by atoms with Gasteiger partial charge in [0.15, 0.2) is 0 Å². The van der Waals surface area contributed by atoms with E-state index < -0.39 is 28.3 Å². The lowest BCUT2D eigenvalue weighted by Crippen LogP contribution is -2.41. The number of sulfonamides is 1. The van der Waals surface area contributed by atoms with E-state index in [2.05, 4.69) is 5.32 Å². The third-order valence-corrected chi connectivity index (χ3v) is 7.10. The summed E-state index contributed by atoms with van der Waals surface area (Å²) >= 11 is 5.88. The first kappa shape index (κ1) is 25.5. The summed E-state index contributed by atoms with van der Waals surface area (Å²) in [6.07, 6.45) is 1.33. The van der Waals surface area contributed by atoms with Crippen molar-refractivity contribution in [1.29, 1.82) is 0 Å². The second-order valence-electron chi connectivity index (χ2n) is 7.42. The highest BCUT2D eigenvalue weighted by molar-refractivity contribution is 7.92. The van der Waals surface area contributed by atoms with E-state index in [4.69, 9.17) is 16.3 Å². The Bertz CT molecular complexity index is 1220. The third-order valence-electron chi connectivity index (χ3n) is 5.03. The lowest BCUT2D eigenvalue weighted by molar-refractivity contribution is -0.119. The van der Waals surface area contributed by atoms with Crippen LogP contribution in [0.4, 0.5) is 10.1 Å². The van der Waals surface area contributed by atoms with Crippen molar-refractivity contribution in [2.24, 2.45) is 0 Å². The lowest BCUT2D eigenvalue weighted by Gasteiger charge is -2.24. The lowest BCUT2D eigenvalue weighted by atomic mass is 10.1. The number of amides is 1. The van der Waals surface area contributed by atoms with Crippen molar-refractivity contribution in [1.82, 2.24) is 5.32 Å². The molecule has 0 bridgehead atoms. The second kappa shape index (κ2) is 11.9. The molecule has 0 atom stereocenters. The quantitative estimate of drug-likeness (QED) is 0.380. The maximum atomic E-state index is 13.7. The summed E-state index contributed by atoms with van der Waals surface area (Å²) < 4.78 is 46.8. The van der Waals surface area contributed by atoms with Crippen molar-refractivity contribution < 1.29 is 22.3 Å². The van der Waals surface area contributed by atoms with Crippen LogP contribution in [-0.2, 0) is 21.2 Å². The number of halogens is 2. The number of carbonyl (C=O) groups is 1. The zero-order valence-electron chi connectivity index (χ0n) is 18.7. The predicted molar refractivity (Wildman–Crippen MR) is 131 cm³/mol. The molecule has 0 saturated heterocycles. The smallest absolute Gasteiger partial charge is 0.264 e. The SMILES string of the molecule is CCOc1ccccc1CCCNC(=O)CN(c1ccc(F)c(Cl)c1)S(=O)(=O)c1ccccc1. The number of para-hydroxylation sites is 1. The average Bonchev–Trinajstić information content (AvgIpc) is 2.84. The van der Waals surface area contributed by atoms with Gasteiger partial charge in [-0.15, -0.1) is 0 Å². The van der Waals surface area contributed by atoms with Crippen LogP contribution in [0, 0.1) is 5.82 Å². The number of nitrogens with zero attached hydrogens (tertiary/aromatic N) is 1. The molecular formula is C25H26ClFN2O4S. The minimum absolute atomic E-state index is 0.00998. The van der Waals surface area contributed by atoms with Crippen LogP contribution < -0.4 is 14.4 Å². The van der Waals surface area contributed by atoms with Crippen LogP contribution in [-0.4, -0.2) is 34.0 Å². The van der Waals surface area contributed by atoms with E-state index in [1.54, 1.807) is 18.2 Å². The molecule has 6 nitrogen and oxygen atoms in total. The Morgan fingerprint density at radius 1 is 1.06 bits per heavy atom. The molecule has 0 aliphatic carbocycles. The van der Waals surface area contributed by atoms with Gasteiger partial charge in [0.2, 0.25) is 5.91 Å². The fourth-order valence-electron chi connectivity index (χ4n) is 3.37. The standard InChI is InChI=1S/C25H26ClFN2O4S/c1-2-33-24-13-7-6-9-19(24)10-8-16-28-25(30)18-29(20-14-15-23(27)22(26)17-20)34(31,32)21-11-4-3-5-12-21/h3-7,9,11-15,17H,2,8,10,16,18H2,1H3,(H,28,30). The van der Waals surface area contributed by atoms with E-state index in [9.17, 15) is 17.6 Å². The Morgan fingerprint density at radius 3 is 2.47 bits per heavy atom. The molecule has 0 spiro atoms. The minimum Gasteiger partial charge on any atom is -0.494 e. The van der Waals surface area contributed by atoms with Crippen molar-refractivity contribution in [2.75, 3.05) is 24.0 Å². The molecule has 3 aromatic rings. The highest BCUT2D eigenvalue weighted by Crippen LogP contribution is 2.27. The van der Waals surface area contributed by atoms with Gasteiger partial charge in [0.05, 0.1) is 22.2 Å². The molecular weight excluding hydrogens is 479 g/mol. The molecule has 0 unspecified atom stereocenters. The highest BCUT2D eigenvalue weighted by Gasteiger charge is 2.27. The molecule has 0 aliphatic rings. The van der Waals surface area contributed by atoms with Gasteiger partial charge in [-0.25, -0.2) is 12.8 Å². The van der Waals surface area contributed by atoms with Gasteiger partial charge in [0.25, 0.3) is 10.0 Å². The number of ether oxygens (including phenoxy) is 1. The Hall–Kier alpha value is -3.10. The molecule has 1 amide bonds. The first-order chi connectivity index (χ1) is 16.3. The first-order valence-corrected chi connectivity index (χ1v) is 12.6. The largest absolute Gasteiger partial charge is 0.494 e. The van der Waals surface area contributed by atoms with Crippen LogP contribution in [0.3, 0.4) is 0 Å². The Kier molecular flexibility index (Phi) is 8.90. The summed E-state index contributed by atoms with van der Waals surface area (Å²) in [5, 5.41) is 2.52. The molecule has 0 aliphatic heterocycles. The molecule has 1 N–H and O–H groups in total. The zero-order valence-corrected chi connectivity index (χ0v) is 20.3. The van der Waals surface area contributed by atoms with Crippen LogP contribution in [0.1, 0.15) is 18.9 Å². The molecule has 0 saturated carbocycles. The molecule has 3 aromatic carbocycles. The fraction of sp³-hybridized carbons (Fsp3) is 0.240. The average molecular weight is 505 g/mol. The number of benzene rings is 3. The van der Waals surface area contributed by atoms with Crippen molar-refractivity contribution in [2.45, 2.75) is 24.7 Å². The van der Waals surface area contributed by atoms with Gasteiger partial charge in [-0.05, 0) is 61.7 Å². The van der Waals surface area contributed by atoms with Crippen molar-refractivity contribution >= 4 is 33.2 Å². The van der Waals surface area contributed by atoms with E-state index in [0.29, 0.717) is 26.0 Å². The number of hydrogen-bond donors (Lipinski definition) is 1. The molecule has 3 rings (SSSR count). The molecule has 0 heterocycles. The van der Waals surface area contributed by atoms with Gasteiger partial charge in [-0.1, -0.05) is 48.0 Å².